The highest BCUT2D eigenvalue weighted by molar-refractivity contribution is 7.07. The summed E-state index contributed by atoms with van der Waals surface area (Å²) in [6.45, 7) is 1.85. The fourth-order valence-corrected chi connectivity index (χ4v) is 3.65. The van der Waals surface area contributed by atoms with E-state index < -0.39 is 0 Å². The fraction of sp³-hybridized carbons (Fsp3) is 0.214. The minimum absolute atomic E-state index is 0.0949. The molecule has 0 unspecified atom stereocenters. The Morgan fingerprint density at radius 2 is 2.14 bits per heavy atom. The third-order valence-electron chi connectivity index (χ3n) is 3.11. The molecule has 0 fully saturated rings. The van der Waals surface area contributed by atoms with Crippen molar-refractivity contribution in [1.29, 1.82) is 0 Å². The first kappa shape index (κ1) is 14.5. The van der Waals surface area contributed by atoms with Crippen LogP contribution in [0.25, 0.3) is 6.08 Å². The van der Waals surface area contributed by atoms with E-state index in [1.807, 2.05) is 6.92 Å². The highest BCUT2D eigenvalue weighted by Gasteiger charge is 2.20. The summed E-state index contributed by atoms with van der Waals surface area (Å²) < 4.78 is 1.57. The second kappa shape index (κ2) is 5.40. The maximum atomic E-state index is 12.3. The molecule has 0 bridgehead atoms. The second-order valence-corrected chi connectivity index (χ2v) is 6.63. The lowest BCUT2D eigenvalue weighted by molar-refractivity contribution is 0.0877. The highest BCUT2D eigenvalue weighted by atomic mass is 35.5. The van der Waals surface area contributed by atoms with Crippen LogP contribution in [0.1, 0.15) is 23.7 Å². The molecule has 2 aromatic rings. The van der Waals surface area contributed by atoms with Gasteiger partial charge in [-0.05, 0) is 30.7 Å². The van der Waals surface area contributed by atoms with Crippen LogP contribution in [0, 0.1) is 0 Å². The van der Waals surface area contributed by atoms with Crippen molar-refractivity contribution in [3.8, 4) is 0 Å². The molecule has 0 saturated carbocycles. The van der Waals surface area contributed by atoms with Crippen molar-refractivity contribution in [2.24, 2.45) is 4.99 Å². The summed E-state index contributed by atoms with van der Waals surface area (Å²) in [6.07, 6.45) is 1.91. The molecule has 3 rings (SSSR count). The zero-order valence-corrected chi connectivity index (χ0v) is 13.3. The Labute approximate surface area is 134 Å². The summed E-state index contributed by atoms with van der Waals surface area (Å²) in [4.78, 5) is 29.0. The lowest BCUT2D eigenvalue weighted by atomic mass is 10.2. The standard InChI is InChI=1S/C14H10Cl2N2O2S/c1-7-4-12(19)18-13(20)11(21-14(18)17-7)5-8-2-3-9(15)6-10(8)16/h2-3,5-7H,4H2,1H3/b11-5+/t7-/m1/s1. The van der Waals surface area contributed by atoms with Gasteiger partial charge in [0.25, 0.3) is 5.56 Å². The largest absolute Gasteiger partial charge is 0.277 e. The zero-order valence-electron chi connectivity index (χ0n) is 11.0. The molecular weight excluding hydrogens is 331 g/mol. The SMILES string of the molecule is C[C@@H]1CC(=O)n2c(s/c(=C/c3ccc(Cl)cc3Cl)c2=O)=N1. The van der Waals surface area contributed by atoms with Gasteiger partial charge in [-0.15, -0.1) is 0 Å². The molecule has 7 heteroatoms. The van der Waals surface area contributed by atoms with E-state index in [4.69, 9.17) is 23.2 Å². The van der Waals surface area contributed by atoms with Gasteiger partial charge in [0.15, 0.2) is 4.80 Å². The van der Waals surface area contributed by atoms with Crippen LogP contribution in [0.2, 0.25) is 10.0 Å². The Morgan fingerprint density at radius 1 is 1.38 bits per heavy atom. The Balaban J connectivity index is 2.24. The Morgan fingerprint density at radius 3 is 2.86 bits per heavy atom. The first-order chi connectivity index (χ1) is 9.95. The smallest absolute Gasteiger partial charge is 0.274 e. The molecule has 1 aromatic carbocycles. The van der Waals surface area contributed by atoms with Crippen molar-refractivity contribution in [2.75, 3.05) is 0 Å². The second-order valence-electron chi connectivity index (χ2n) is 4.78. The van der Waals surface area contributed by atoms with E-state index in [1.54, 1.807) is 24.3 Å². The number of carbonyl (C=O) groups excluding carboxylic acids is 1. The van der Waals surface area contributed by atoms with Gasteiger partial charge in [0.2, 0.25) is 5.91 Å². The number of aromatic nitrogens is 1. The van der Waals surface area contributed by atoms with Crippen LogP contribution in [0.5, 0.6) is 0 Å². The number of fused-ring (bicyclic) bond motifs is 1. The summed E-state index contributed by atoms with van der Waals surface area (Å²) in [6, 6.07) is 4.94. The molecule has 0 aliphatic carbocycles. The normalized spacial score (nSPS) is 18.5. The maximum Gasteiger partial charge on any atom is 0.277 e. The number of rotatable bonds is 1. The van der Waals surface area contributed by atoms with E-state index >= 15 is 0 Å². The Kier molecular flexibility index (Phi) is 3.73. The fourth-order valence-electron chi connectivity index (χ4n) is 2.12. The van der Waals surface area contributed by atoms with Crippen LogP contribution < -0.4 is 14.9 Å². The van der Waals surface area contributed by atoms with Gasteiger partial charge >= 0.3 is 0 Å². The van der Waals surface area contributed by atoms with E-state index in [1.165, 1.54) is 11.3 Å². The van der Waals surface area contributed by atoms with Crippen LogP contribution >= 0.6 is 34.5 Å². The van der Waals surface area contributed by atoms with Gasteiger partial charge in [-0.2, -0.15) is 0 Å². The van der Waals surface area contributed by atoms with Crippen molar-refractivity contribution in [1.82, 2.24) is 4.57 Å². The number of carbonyl (C=O) groups is 1. The van der Waals surface area contributed by atoms with E-state index in [9.17, 15) is 9.59 Å². The average Bonchev–Trinajstić information content (AvgIpc) is 2.69. The Bertz CT molecular complexity index is 914. The molecule has 2 heterocycles. The molecule has 1 aliphatic rings. The minimum atomic E-state index is -0.346. The van der Waals surface area contributed by atoms with Crippen LogP contribution in [-0.4, -0.2) is 16.5 Å². The summed E-state index contributed by atoms with van der Waals surface area (Å²) >= 11 is 13.1. The van der Waals surface area contributed by atoms with E-state index in [2.05, 4.69) is 4.99 Å². The molecule has 0 N–H and O–H groups in total. The lowest BCUT2D eigenvalue weighted by Crippen LogP contribution is -2.40. The number of nitrogens with zero attached hydrogens (tertiary/aromatic N) is 2. The summed E-state index contributed by atoms with van der Waals surface area (Å²) in [5, 5.41) is 0.980. The van der Waals surface area contributed by atoms with Gasteiger partial charge in [0, 0.05) is 16.5 Å². The molecule has 0 amide bonds. The zero-order chi connectivity index (χ0) is 15.1. The molecule has 1 aliphatic heterocycles. The van der Waals surface area contributed by atoms with Crippen LogP contribution in [0.4, 0.5) is 0 Å². The van der Waals surface area contributed by atoms with E-state index in [-0.39, 0.29) is 23.9 Å². The number of thiazole rings is 1. The van der Waals surface area contributed by atoms with Crippen molar-refractivity contribution >= 4 is 46.5 Å². The molecule has 4 nitrogen and oxygen atoms in total. The topological polar surface area (TPSA) is 51.4 Å². The van der Waals surface area contributed by atoms with Crippen molar-refractivity contribution in [3.63, 3.8) is 0 Å². The predicted octanol–water partition coefficient (Wildman–Crippen LogP) is 2.10. The summed E-state index contributed by atoms with van der Waals surface area (Å²) in [5.74, 6) is -0.212. The molecule has 0 spiro atoms. The molecule has 1 aromatic heterocycles. The molecule has 0 saturated heterocycles. The molecule has 1 atom stereocenters. The van der Waals surface area contributed by atoms with Crippen LogP contribution in [0.15, 0.2) is 28.0 Å². The lowest BCUT2D eigenvalue weighted by Gasteiger charge is -2.09. The highest BCUT2D eigenvalue weighted by Crippen LogP contribution is 2.21. The minimum Gasteiger partial charge on any atom is -0.274 e. The number of halogens is 2. The Hall–Kier alpha value is -1.43. The van der Waals surface area contributed by atoms with Gasteiger partial charge in [0.1, 0.15) is 0 Å². The summed E-state index contributed by atoms with van der Waals surface area (Å²) in [7, 11) is 0. The van der Waals surface area contributed by atoms with Gasteiger partial charge in [-0.3, -0.25) is 14.6 Å². The van der Waals surface area contributed by atoms with E-state index in [0.717, 1.165) is 4.57 Å². The third kappa shape index (κ3) is 2.69. The number of benzene rings is 1. The van der Waals surface area contributed by atoms with Crippen molar-refractivity contribution in [2.45, 2.75) is 19.4 Å². The average molecular weight is 341 g/mol. The van der Waals surface area contributed by atoms with E-state index in [0.29, 0.717) is 24.9 Å². The monoisotopic (exact) mass is 340 g/mol. The quantitative estimate of drug-likeness (QED) is 0.798. The third-order valence-corrected chi connectivity index (χ3v) is 4.65. The van der Waals surface area contributed by atoms with Crippen molar-refractivity contribution in [3.05, 3.63) is 53.5 Å². The van der Waals surface area contributed by atoms with Crippen LogP contribution in [0.3, 0.4) is 0 Å². The van der Waals surface area contributed by atoms with Crippen LogP contribution in [-0.2, 0) is 0 Å². The first-order valence-corrected chi connectivity index (χ1v) is 7.82. The van der Waals surface area contributed by atoms with Crippen molar-refractivity contribution < 1.29 is 4.79 Å². The first-order valence-electron chi connectivity index (χ1n) is 6.25. The molecule has 21 heavy (non-hydrogen) atoms. The number of hydrogen-bond donors (Lipinski definition) is 0. The summed E-state index contributed by atoms with van der Waals surface area (Å²) in [5.41, 5.74) is 0.333. The molecule has 108 valence electrons. The van der Waals surface area contributed by atoms with Gasteiger partial charge in [-0.25, -0.2) is 4.57 Å². The molecular formula is C14H10Cl2N2O2S. The van der Waals surface area contributed by atoms with Gasteiger partial charge in [-0.1, -0.05) is 40.6 Å². The van der Waals surface area contributed by atoms with Gasteiger partial charge < -0.3 is 0 Å². The maximum absolute atomic E-state index is 12.3. The molecule has 0 radical (unpaired) electrons. The van der Waals surface area contributed by atoms with Gasteiger partial charge in [0.05, 0.1) is 10.6 Å². The number of hydrogen-bond acceptors (Lipinski definition) is 4. The predicted molar refractivity (Wildman–Crippen MR) is 84.1 cm³/mol.